The molecule has 0 N–H and O–H groups in total. The fourth-order valence-electron chi connectivity index (χ4n) is 2.53. The molecule has 0 saturated carbocycles. The molecule has 6 nitrogen and oxygen atoms in total. The molecule has 0 aliphatic carbocycles. The van der Waals surface area contributed by atoms with Crippen LogP contribution in [0.3, 0.4) is 0 Å². The van der Waals surface area contributed by atoms with Crippen LogP contribution >= 0.6 is 0 Å². The van der Waals surface area contributed by atoms with Gasteiger partial charge in [0.15, 0.2) is 5.76 Å². The molecule has 2 aromatic rings. The minimum absolute atomic E-state index is 0.0723. The highest BCUT2D eigenvalue weighted by Crippen LogP contribution is 2.25. The van der Waals surface area contributed by atoms with E-state index in [2.05, 4.69) is 0 Å². The highest BCUT2D eigenvalue weighted by atomic mass is 16.6. The Morgan fingerprint density at radius 2 is 1.91 bits per heavy atom. The number of piperazine rings is 1. The lowest BCUT2D eigenvalue weighted by Gasteiger charge is -2.36. The minimum Gasteiger partial charge on any atom is -0.426 e. The van der Waals surface area contributed by atoms with Crippen molar-refractivity contribution in [3.8, 4) is 11.7 Å². The smallest absolute Gasteiger partial charge is 0.290 e. The van der Waals surface area contributed by atoms with E-state index in [0.29, 0.717) is 18.8 Å². The van der Waals surface area contributed by atoms with Gasteiger partial charge in [0.05, 0.1) is 0 Å². The number of rotatable bonds is 3. The predicted molar refractivity (Wildman–Crippen MR) is 83.4 cm³/mol. The fourth-order valence-corrected chi connectivity index (χ4v) is 2.53. The van der Waals surface area contributed by atoms with Gasteiger partial charge >= 0.3 is 0 Å². The summed E-state index contributed by atoms with van der Waals surface area (Å²) in [4.78, 5) is 27.7. The van der Waals surface area contributed by atoms with Crippen LogP contribution in [-0.4, -0.2) is 47.8 Å². The molecule has 1 aromatic carbocycles. The van der Waals surface area contributed by atoms with E-state index >= 15 is 0 Å². The number of benzene rings is 1. The van der Waals surface area contributed by atoms with Gasteiger partial charge in [-0.15, -0.1) is 0 Å². The summed E-state index contributed by atoms with van der Waals surface area (Å²) in [5.74, 6) is 0.663. The zero-order valence-corrected chi connectivity index (χ0v) is 13.1. The zero-order chi connectivity index (χ0) is 16.4. The van der Waals surface area contributed by atoms with E-state index < -0.39 is 6.04 Å². The van der Waals surface area contributed by atoms with Gasteiger partial charge in [0.2, 0.25) is 5.91 Å². The van der Waals surface area contributed by atoms with E-state index in [-0.39, 0.29) is 23.5 Å². The highest BCUT2D eigenvalue weighted by molar-refractivity contribution is 5.96. The molecule has 0 spiro atoms. The van der Waals surface area contributed by atoms with Gasteiger partial charge in [-0.3, -0.25) is 9.59 Å². The summed E-state index contributed by atoms with van der Waals surface area (Å²) < 4.78 is 11.0. The number of hydrogen-bond donors (Lipinski definition) is 0. The van der Waals surface area contributed by atoms with Gasteiger partial charge in [0.1, 0.15) is 11.8 Å². The Hall–Kier alpha value is -2.76. The Labute approximate surface area is 134 Å². The Morgan fingerprint density at radius 3 is 2.65 bits per heavy atom. The summed E-state index contributed by atoms with van der Waals surface area (Å²) in [7, 11) is 1.74. The summed E-state index contributed by atoms with van der Waals surface area (Å²) in [6, 6.07) is 11.8. The van der Waals surface area contributed by atoms with Crippen molar-refractivity contribution in [2.75, 3.05) is 20.1 Å². The normalized spacial score (nSPS) is 18.2. The van der Waals surface area contributed by atoms with Crippen LogP contribution in [0, 0.1) is 0 Å². The van der Waals surface area contributed by atoms with Crippen molar-refractivity contribution >= 4 is 11.8 Å². The number of para-hydroxylation sites is 1. The van der Waals surface area contributed by atoms with E-state index in [1.54, 1.807) is 43.1 Å². The van der Waals surface area contributed by atoms with Crippen molar-refractivity contribution in [3.05, 3.63) is 48.2 Å². The van der Waals surface area contributed by atoms with Gasteiger partial charge in [0, 0.05) is 26.2 Å². The molecule has 0 bridgehead atoms. The molecular formula is C17H18N2O4. The monoisotopic (exact) mass is 314 g/mol. The van der Waals surface area contributed by atoms with Crippen molar-refractivity contribution < 1.29 is 18.7 Å². The van der Waals surface area contributed by atoms with Gasteiger partial charge in [0.25, 0.3) is 11.9 Å². The van der Waals surface area contributed by atoms with Crippen LogP contribution in [0.5, 0.6) is 11.7 Å². The number of likely N-dealkylation sites (N-methyl/N-ethyl adjacent to an activating group) is 1. The molecule has 2 heterocycles. The molecule has 120 valence electrons. The zero-order valence-electron chi connectivity index (χ0n) is 13.1. The Bertz CT molecular complexity index is 710. The maximum absolute atomic E-state index is 12.5. The number of hydrogen-bond acceptors (Lipinski definition) is 4. The number of ether oxygens (including phenoxy) is 1. The van der Waals surface area contributed by atoms with E-state index in [1.165, 1.54) is 4.90 Å². The third kappa shape index (κ3) is 3.06. The first-order chi connectivity index (χ1) is 11.1. The van der Waals surface area contributed by atoms with Crippen LogP contribution in [0.1, 0.15) is 17.5 Å². The SMILES string of the molecule is C[C@H]1C(=O)N(C)CCN1C(=O)c1ccc(Oc2ccccc2)o1. The highest BCUT2D eigenvalue weighted by Gasteiger charge is 2.34. The van der Waals surface area contributed by atoms with E-state index in [9.17, 15) is 9.59 Å². The van der Waals surface area contributed by atoms with Crippen molar-refractivity contribution in [1.29, 1.82) is 0 Å². The Morgan fingerprint density at radius 1 is 1.17 bits per heavy atom. The maximum Gasteiger partial charge on any atom is 0.290 e. The summed E-state index contributed by atoms with van der Waals surface area (Å²) >= 11 is 0. The first-order valence-electron chi connectivity index (χ1n) is 7.45. The van der Waals surface area contributed by atoms with Crippen molar-refractivity contribution in [3.63, 3.8) is 0 Å². The molecular weight excluding hydrogens is 296 g/mol. The topological polar surface area (TPSA) is 63.0 Å². The Balaban J connectivity index is 1.72. The number of furan rings is 1. The average molecular weight is 314 g/mol. The van der Waals surface area contributed by atoms with Crippen LogP contribution in [0.25, 0.3) is 0 Å². The van der Waals surface area contributed by atoms with Crippen molar-refractivity contribution in [1.82, 2.24) is 9.80 Å². The van der Waals surface area contributed by atoms with Crippen molar-refractivity contribution in [2.45, 2.75) is 13.0 Å². The summed E-state index contributed by atoms with van der Waals surface area (Å²) in [5.41, 5.74) is 0. The second-order valence-electron chi connectivity index (χ2n) is 5.47. The molecule has 0 radical (unpaired) electrons. The molecule has 0 unspecified atom stereocenters. The number of carbonyl (C=O) groups excluding carboxylic acids is 2. The van der Waals surface area contributed by atoms with Gasteiger partial charge in [-0.1, -0.05) is 18.2 Å². The van der Waals surface area contributed by atoms with E-state index in [1.807, 2.05) is 18.2 Å². The molecule has 1 saturated heterocycles. The van der Waals surface area contributed by atoms with Gasteiger partial charge in [-0.25, -0.2) is 0 Å². The maximum atomic E-state index is 12.5. The van der Waals surface area contributed by atoms with Crippen LogP contribution in [0.2, 0.25) is 0 Å². The molecule has 2 amide bonds. The van der Waals surface area contributed by atoms with Crippen LogP contribution in [0.15, 0.2) is 46.9 Å². The second-order valence-corrected chi connectivity index (χ2v) is 5.47. The quantitative estimate of drug-likeness (QED) is 0.872. The summed E-state index contributed by atoms with van der Waals surface area (Å²) in [5, 5.41) is 0. The molecule has 1 aliphatic rings. The third-order valence-corrected chi connectivity index (χ3v) is 3.89. The summed E-state index contributed by atoms with van der Waals surface area (Å²) in [6.45, 7) is 2.72. The second kappa shape index (κ2) is 6.16. The van der Waals surface area contributed by atoms with Crippen LogP contribution < -0.4 is 4.74 Å². The van der Waals surface area contributed by atoms with Gasteiger partial charge in [-0.2, -0.15) is 0 Å². The average Bonchev–Trinajstić information content (AvgIpc) is 3.02. The lowest BCUT2D eigenvalue weighted by molar-refractivity contribution is -0.137. The molecule has 1 atom stereocenters. The van der Waals surface area contributed by atoms with Gasteiger partial charge < -0.3 is 19.0 Å². The van der Waals surface area contributed by atoms with E-state index in [0.717, 1.165) is 0 Å². The molecule has 1 aromatic heterocycles. The van der Waals surface area contributed by atoms with Crippen LogP contribution in [-0.2, 0) is 4.79 Å². The lowest BCUT2D eigenvalue weighted by atomic mass is 10.1. The minimum atomic E-state index is -0.496. The van der Waals surface area contributed by atoms with E-state index in [4.69, 9.17) is 9.15 Å². The third-order valence-electron chi connectivity index (χ3n) is 3.89. The predicted octanol–water partition coefficient (Wildman–Crippen LogP) is 2.37. The number of carbonyl (C=O) groups is 2. The largest absolute Gasteiger partial charge is 0.426 e. The molecule has 23 heavy (non-hydrogen) atoms. The van der Waals surface area contributed by atoms with Gasteiger partial charge in [-0.05, 0) is 25.1 Å². The molecule has 1 fully saturated rings. The fraction of sp³-hybridized carbons (Fsp3) is 0.294. The van der Waals surface area contributed by atoms with Crippen LogP contribution in [0.4, 0.5) is 0 Å². The lowest BCUT2D eigenvalue weighted by Crippen LogP contribution is -2.56. The first-order valence-corrected chi connectivity index (χ1v) is 7.45. The standard InChI is InChI=1S/C17H18N2O4/c1-12-16(20)18(2)10-11-19(12)17(21)14-8-9-15(23-14)22-13-6-4-3-5-7-13/h3-9,12H,10-11H2,1-2H3/t12-/m0/s1. The van der Waals surface area contributed by atoms with Crippen molar-refractivity contribution in [2.24, 2.45) is 0 Å². The Kier molecular flexibility index (Phi) is 4.06. The number of amides is 2. The first kappa shape index (κ1) is 15.1. The number of nitrogens with zero attached hydrogens (tertiary/aromatic N) is 2. The molecule has 3 rings (SSSR count). The molecule has 1 aliphatic heterocycles. The molecule has 6 heteroatoms. The summed E-state index contributed by atoms with van der Waals surface area (Å²) in [6.07, 6.45) is 0.